The van der Waals surface area contributed by atoms with Crippen molar-refractivity contribution in [2.45, 2.75) is 90.9 Å². The summed E-state index contributed by atoms with van der Waals surface area (Å²) in [6.07, 6.45) is 16.8. The van der Waals surface area contributed by atoms with Crippen LogP contribution >= 0.6 is 0 Å². The number of hydrogen-bond acceptors (Lipinski definition) is 4. The van der Waals surface area contributed by atoms with Gasteiger partial charge in [-0.05, 0) is 49.2 Å². The van der Waals surface area contributed by atoms with Crippen molar-refractivity contribution in [1.29, 1.82) is 0 Å². The molecule has 34 heavy (non-hydrogen) atoms. The molecule has 1 aliphatic rings. The average molecular weight is 463 g/mol. The molecular weight excluding hydrogens is 420 g/mol. The van der Waals surface area contributed by atoms with E-state index < -0.39 is 0 Å². The highest BCUT2D eigenvalue weighted by Gasteiger charge is 2.28. The zero-order valence-electron chi connectivity index (χ0n) is 21.2. The highest BCUT2D eigenvalue weighted by atomic mass is 16.1. The predicted molar refractivity (Wildman–Crippen MR) is 144 cm³/mol. The molecule has 0 unspecified atom stereocenters. The van der Waals surface area contributed by atoms with E-state index in [1.807, 2.05) is 24.3 Å². The van der Waals surface area contributed by atoms with E-state index in [4.69, 9.17) is 0 Å². The van der Waals surface area contributed by atoms with Crippen molar-refractivity contribution in [1.82, 2.24) is 0 Å². The highest BCUT2D eigenvalue weighted by Crippen LogP contribution is 2.48. The van der Waals surface area contributed by atoms with Crippen LogP contribution < -0.4 is 9.80 Å². The molecule has 184 valence electrons. The third-order valence-electron chi connectivity index (χ3n) is 6.90. The smallest absolute Gasteiger partial charge is 0.150 e. The molecule has 2 aromatic carbocycles. The lowest BCUT2D eigenvalue weighted by molar-refractivity contribution is 0.111. The van der Waals surface area contributed by atoms with Crippen LogP contribution in [0.4, 0.5) is 22.7 Å². The topological polar surface area (TPSA) is 40.6 Å². The van der Waals surface area contributed by atoms with Gasteiger partial charge in [0.25, 0.3) is 0 Å². The third-order valence-corrected chi connectivity index (χ3v) is 6.90. The Morgan fingerprint density at radius 2 is 0.912 bits per heavy atom. The summed E-state index contributed by atoms with van der Waals surface area (Å²) in [5.41, 5.74) is 5.91. The Morgan fingerprint density at radius 1 is 0.529 bits per heavy atom. The van der Waals surface area contributed by atoms with Gasteiger partial charge in [0.15, 0.2) is 0 Å². The van der Waals surface area contributed by atoms with Gasteiger partial charge in [0.1, 0.15) is 12.6 Å². The minimum absolute atomic E-state index is 0.708. The lowest BCUT2D eigenvalue weighted by Crippen LogP contribution is -2.31. The first kappa shape index (κ1) is 26.0. The van der Waals surface area contributed by atoms with E-state index in [1.54, 1.807) is 0 Å². The van der Waals surface area contributed by atoms with Gasteiger partial charge in [-0.25, -0.2) is 0 Å². The maximum absolute atomic E-state index is 11.6. The number of unbranched alkanes of at least 4 members (excludes halogenated alkanes) is 10. The molecule has 0 radical (unpaired) electrons. The molecule has 0 fully saturated rings. The Morgan fingerprint density at radius 3 is 1.29 bits per heavy atom. The number of carbonyl (C=O) groups excluding carboxylic acids is 2. The Labute approximate surface area is 206 Å². The second kappa shape index (κ2) is 13.9. The SMILES string of the molecule is CCCCCCCCN1c2ccc(C=O)cc2N(CCCCCCCC)c2ccc(C=O)cc21. The molecule has 3 rings (SSSR count). The molecule has 0 saturated carbocycles. The van der Waals surface area contributed by atoms with Crippen molar-refractivity contribution in [3.63, 3.8) is 0 Å². The van der Waals surface area contributed by atoms with Crippen molar-refractivity contribution >= 4 is 35.3 Å². The van der Waals surface area contributed by atoms with E-state index in [9.17, 15) is 9.59 Å². The Bertz CT molecular complexity index is 849. The van der Waals surface area contributed by atoms with Crippen molar-refractivity contribution in [3.8, 4) is 0 Å². The molecule has 4 heteroatoms. The Hall–Kier alpha value is -2.62. The molecule has 0 N–H and O–H groups in total. The average Bonchev–Trinajstić information content (AvgIpc) is 2.87. The summed E-state index contributed by atoms with van der Waals surface area (Å²) < 4.78 is 0. The number of nitrogens with zero attached hydrogens (tertiary/aromatic N) is 2. The van der Waals surface area contributed by atoms with Crippen molar-refractivity contribution in [3.05, 3.63) is 47.5 Å². The van der Waals surface area contributed by atoms with E-state index in [2.05, 4.69) is 35.8 Å². The number of anilines is 4. The summed E-state index contributed by atoms with van der Waals surface area (Å²) in [6, 6.07) is 12.1. The molecule has 0 atom stereocenters. The maximum atomic E-state index is 11.6. The summed E-state index contributed by atoms with van der Waals surface area (Å²) in [6.45, 7) is 6.33. The zero-order chi connectivity index (χ0) is 24.2. The van der Waals surface area contributed by atoms with Gasteiger partial charge in [-0.15, -0.1) is 0 Å². The number of carbonyl (C=O) groups is 2. The van der Waals surface area contributed by atoms with Gasteiger partial charge in [0.2, 0.25) is 0 Å². The van der Waals surface area contributed by atoms with Crippen molar-refractivity contribution in [2.24, 2.45) is 0 Å². The van der Waals surface area contributed by atoms with Gasteiger partial charge >= 0.3 is 0 Å². The van der Waals surface area contributed by atoms with Gasteiger partial charge in [0.05, 0.1) is 22.7 Å². The van der Waals surface area contributed by atoms with Crippen LogP contribution in [0.15, 0.2) is 36.4 Å². The van der Waals surface area contributed by atoms with Crippen molar-refractivity contribution < 1.29 is 9.59 Å². The molecule has 1 heterocycles. The first-order chi connectivity index (χ1) is 16.7. The molecule has 2 aromatic rings. The van der Waals surface area contributed by atoms with Gasteiger partial charge in [-0.2, -0.15) is 0 Å². The van der Waals surface area contributed by atoms with Crippen LogP contribution in [0.25, 0.3) is 0 Å². The molecule has 0 aliphatic carbocycles. The zero-order valence-corrected chi connectivity index (χ0v) is 21.2. The molecule has 0 bridgehead atoms. The number of rotatable bonds is 16. The molecule has 0 saturated heterocycles. The van der Waals surface area contributed by atoms with Gasteiger partial charge < -0.3 is 9.80 Å². The monoisotopic (exact) mass is 462 g/mol. The standard InChI is InChI=1S/C30H42N2O2/c1-3-5-7-9-11-13-19-31-27-17-15-26(24-34)22-30(27)32(20-14-12-10-8-6-4-2)28-18-16-25(23-33)21-29(28)31/h15-18,21-24H,3-14,19-20H2,1-2H3. The summed E-state index contributed by atoms with van der Waals surface area (Å²) in [5, 5.41) is 0. The van der Waals surface area contributed by atoms with Gasteiger partial charge in [-0.1, -0.05) is 78.1 Å². The van der Waals surface area contributed by atoms with Crippen LogP contribution in [-0.2, 0) is 0 Å². The molecule has 0 spiro atoms. The Kier molecular flexibility index (Phi) is 10.7. The molecule has 1 aliphatic heterocycles. The number of benzene rings is 2. The first-order valence-corrected chi connectivity index (χ1v) is 13.5. The number of fused-ring (bicyclic) bond motifs is 2. The van der Waals surface area contributed by atoms with Crippen molar-refractivity contribution in [2.75, 3.05) is 22.9 Å². The minimum Gasteiger partial charge on any atom is -0.338 e. The fraction of sp³-hybridized carbons (Fsp3) is 0.533. The van der Waals surface area contributed by atoms with E-state index in [0.717, 1.165) is 61.3 Å². The fourth-order valence-electron chi connectivity index (χ4n) is 4.96. The van der Waals surface area contributed by atoms with Crippen LogP contribution in [0.5, 0.6) is 0 Å². The molecule has 0 amide bonds. The van der Waals surface area contributed by atoms with Crippen LogP contribution in [0.3, 0.4) is 0 Å². The van der Waals surface area contributed by atoms with Crippen LogP contribution in [0.2, 0.25) is 0 Å². The van der Waals surface area contributed by atoms with E-state index in [0.29, 0.717) is 11.1 Å². The summed E-state index contributed by atoms with van der Waals surface area (Å²) in [4.78, 5) is 27.9. The quantitative estimate of drug-likeness (QED) is 0.185. The summed E-state index contributed by atoms with van der Waals surface area (Å²) >= 11 is 0. The second-order valence-electron chi connectivity index (χ2n) is 9.57. The first-order valence-electron chi connectivity index (χ1n) is 13.5. The van der Waals surface area contributed by atoms with E-state index in [1.165, 1.54) is 64.2 Å². The molecular formula is C30H42N2O2. The maximum Gasteiger partial charge on any atom is 0.150 e. The lowest BCUT2D eigenvalue weighted by Gasteiger charge is -2.41. The predicted octanol–water partition coefficient (Wildman–Crippen LogP) is 8.62. The lowest BCUT2D eigenvalue weighted by atomic mass is 10.0. The third kappa shape index (κ3) is 6.71. The van der Waals surface area contributed by atoms with Gasteiger partial charge in [-0.3, -0.25) is 9.59 Å². The largest absolute Gasteiger partial charge is 0.338 e. The molecule has 4 nitrogen and oxygen atoms in total. The van der Waals surface area contributed by atoms with Crippen LogP contribution in [0.1, 0.15) is 112 Å². The second-order valence-corrected chi connectivity index (χ2v) is 9.57. The summed E-state index contributed by atoms with van der Waals surface area (Å²) in [7, 11) is 0. The fourth-order valence-corrected chi connectivity index (χ4v) is 4.96. The van der Waals surface area contributed by atoms with E-state index in [-0.39, 0.29) is 0 Å². The summed E-state index contributed by atoms with van der Waals surface area (Å²) in [5.74, 6) is 0. The minimum atomic E-state index is 0.708. The Balaban J connectivity index is 1.85. The van der Waals surface area contributed by atoms with E-state index >= 15 is 0 Å². The van der Waals surface area contributed by atoms with Crippen LogP contribution in [0, 0.1) is 0 Å². The number of hydrogen-bond donors (Lipinski definition) is 0. The molecule has 0 aromatic heterocycles. The number of aldehydes is 2. The van der Waals surface area contributed by atoms with Gasteiger partial charge in [0, 0.05) is 24.2 Å². The normalized spacial score (nSPS) is 12.4. The highest BCUT2D eigenvalue weighted by molar-refractivity contribution is 5.97. The van der Waals surface area contributed by atoms with Crippen LogP contribution in [-0.4, -0.2) is 25.7 Å².